The van der Waals surface area contributed by atoms with Gasteiger partial charge in [0.05, 0.1) is 5.69 Å². The first-order valence-corrected chi connectivity index (χ1v) is 7.84. The zero-order valence-electron chi connectivity index (χ0n) is 11.7. The molecule has 1 aliphatic heterocycles. The Kier molecular flexibility index (Phi) is 4.01. The lowest BCUT2D eigenvalue weighted by Crippen LogP contribution is -2.37. The Bertz CT molecular complexity index is 519. The van der Waals surface area contributed by atoms with Crippen molar-refractivity contribution in [3.05, 3.63) is 24.3 Å². The molecule has 0 aromatic heterocycles. The second kappa shape index (κ2) is 5.38. The average molecular weight is 283 g/mol. The molecule has 0 spiro atoms. The third-order valence-electron chi connectivity index (χ3n) is 3.49. The second-order valence-electron chi connectivity index (χ2n) is 4.97. The molecule has 1 aliphatic rings. The van der Waals surface area contributed by atoms with E-state index in [0.29, 0.717) is 5.69 Å². The lowest BCUT2D eigenvalue weighted by molar-refractivity contribution is 0.519. The normalized spacial score (nSPS) is 16.1. The minimum atomic E-state index is -3.41. The van der Waals surface area contributed by atoms with Crippen LogP contribution < -0.4 is 9.21 Å². The van der Waals surface area contributed by atoms with Gasteiger partial charge in [0.2, 0.25) is 0 Å². The van der Waals surface area contributed by atoms with E-state index in [2.05, 4.69) is 4.90 Å². The van der Waals surface area contributed by atoms with Crippen LogP contribution in [0.15, 0.2) is 24.3 Å². The summed E-state index contributed by atoms with van der Waals surface area (Å²) in [6.45, 7) is 2.18. The molecule has 5 nitrogen and oxygen atoms in total. The van der Waals surface area contributed by atoms with Gasteiger partial charge in [0.1, 0.15) is 0 Å². The summed E-state index contributed by atoms with van der Waals surface area (Å²) in [6.07, 6.45) is 2.47. The van der Waals surface area contributed by atoms with E-state index in [0.717, 1.165) is 18.8 Å². The van der Waals surface area contributed by atoms with Gasteiger partial charge in [0.25, 0.3) is 0 Å². The van der Waals surface area contributed by atoms with Crippen LogP contribution in [-0.2, 0) is 10.2 Å². The smallest absolute Gasteiger partial charge is 0.303 e. The van der Waals surface area contributed by atoms with Crippen LogP contribution in [-0.4, -0.2) is 47.0 Å². The van der Waals surface area contributed by atoms with Crippen molar-refractivity contribution in [2.24, 2.45) is 0 Å². The van der Waals surface area contributed by atoms with Gasteiger partial charge in [-0.15, -0.1) is 0 Å². The minimum Gasteiger partial charge on any atom is -0.372 e. The third kappa shape index (κ3) is 2.84. The molecule has 1 aromatic carbocycles. The van der Waals surface area contributed by atoms with Crippen LogP contribution in [0.25, 0.3) is 0 Å². The standard InChI is InChI=1S/C13H21N3O2S/c1-14(2)19(17,18)15(3)12-6-8-13(9-7-12)16-10-4-5-11-16/h6-9H,4-5,10-11H2,1-3H3. The number of rotatable bonds is 4. The molecule has 0 unspecified atom stereocenters. The van der Waals surface area contributed by atoms with Gasteiger partial charge in [0.15, 0.2) is 0 Å². The Morgan fingerprint density at radius 2 is 1.53 bits per heavy atom. The van der Waals surface area contributed by atoms with Crippen molar-refractivity contribution in [1.82, 2.24) is 4.31 Å². The topological polar surface area (TPSA) is 43.9 Å². The zero-order valence-corrected chi connectivity index (χ0v) is 12.5. The predicted octanol–water partition coefficient (Wildman–Crippen LogP) is 1.53. The molecular formula is C13H21N3O2S. The monoisotopic (exact) mass is 283 g/mol. The van der Waals surface area contributed by atoms with Crippen LogP contribution in [0.2, 0.25) is 0 Å². The quantitative estimate of drug-likeness (QED) is 0.841. The van der Waals surface area contributed by atoms with Gasteiger partial charge in [-0.25, -0.2) is 0 Å². The van der Waals surface area contributed by atoms with Crippen molar-refractivity contribution in [3.8, 4) is 0 Å². The molecule has 2 rings (SSSR count). The van der Waals surface area contributed by atoms with Crippen molar-refractivity contribution >= 4 is 21.6 Å². The van der Waals surface area contributed by atoms with E-state index in [1.54, 1.807) is 7.05 Å². The molecule has 106 valence electrons. The number of nitrogens with zero attached hydrogens (tertiary/aromatic N) is 3. The average Bonchev–Trinajstić information content (AvgIpc) is 2.91. The Morgan fingerprint density at radius 3 is 2.00 bits per heavy atom. The van der Waals surface area contributed by atoms with Crippen molar-refractivity contribution < 1.29 is 8.42 Å². The van der Waals surface area contributed by atoms with Gasteiger partial charge >= 0.3 is 10.2 Å². The summed E-state index contributed by atoms with van der Waals surface area (Å²) >= 11 is 0. The Hall–Kier alpha value is -1.27. The van der Waals surface area contributed by atoms with E-state index in [9.17, 15) is 8.42 Å². The molecule has 0 amide bonds. The molecular weight excluding hydrogens is 262 g/mol. The van der Waals surface area contributed by atoms with E-state index in [-0.39, 0.29) is 0 Å². The van der Waals surface area contributed by atoms with Crippen LogP contribution in [0, 0.1) is 0 Å². The first-order valence-electron chi connectivity index (χ1n) is 6.44. The molecule has 0 bridgehead atoms. The lowest BCUT2D eigenvalue weighted by Gasteiger charge is -2.24. The maximum Gasteiger partial charge on any atom is 0.303 e. The van der Waals surface area contributed by atoms with Crippen LogP contribution in [0.1, 0.15) is 12.8 Å². The van der Waals surface area contributed by atoms with Gasteiger partial charge in [-0.05, 0) is 37.1 Å². The summed E-state index contributed by atoms with van der Waals surface area (Å²) in [5.41, 5.74) is 1.84. The second-order valence-corrected chi connectivity index (χ2v) is 7.14. The first kappa shape index (κ1) is 14.1. The summed E-state index contributed by atoms with van der Waals surface area (Å²) in [5, 5.41) is 0. The van der Waals surface area contributed by atoms with Gasteiger partial charge < -0.3 is 4.90 Å². The highest BCUT2D eigenvalue weighted by molar-refractivity contribution is 7.90. The largest absolute Gasteiger partial charge is 0.372 e. The fourth-order valence-corrected chi connectivity index (χ4v) is 3.10. The molecule has 0 atom stereocenters. The number of hydrogen-bond donors (Lipinski definition) is 0. The maximum absolute atomic E-state index is 12.0. The lowest BCUT2D eigenvalue weighted by atomic mass is 10.2. The summed E-state index contributed by atoms with van der Waals surface area (Å²) in [4.78, 5) is 2.32. The Balaban J connectivity index is 2.18. The number of hydrogen-bond acceptors (Lipinski definition) is 3. The predicted molar refractivity (Wildman–Crippen MR) is 78.9 cm³/mol. The molecule has 6 heteroatoms. The molecule has 1 fully saturated rings. The zero-order chi connectivity index (χ0) is 14.0. The van der Waals surface area contributed by atoms with Gasteiger partial charge in [-0.3, -0.25) is 4.31 Å². The highest BCUT2D eigenvalue weighted by atomic mass is 32.2. The summed E-state index contributed by atoms with van der Waals surface area (Å²) in [7, 11) is 1.23. The van der Waals surface area contributed by atoms with Crippen molar-refractivity contribution in [3.63, 3.8) is 0 Å². The molecule has 0 N–H and O–H groups in total. The minimum absolute atomic E-state index is 0.677. The van der Waals surface area contributed by atoms with Crippen LogP contribution >= 0.6 is 0 Å². The Labute approximate surface area is 115 Å². The highest BCUT2D eigenvalue weighted by Gasteiger charge is 2.21. The molecule has 19 heavy (non-hydrogen) atoms. The van der Waals surface area contributed by atoms with E-state index < -0.39 is 10.2 Å². The molecule has 0 radical (unpaired) electrons. The Morgan fingerprint density at radius 1 is 1.00 bits per heavy atom. The fourth-order valence-electron chi connectivity index (χ4n) is 2.23. The SMILES string of the molecule is CN(C)S(=O)(=O)N(C)c1ccc(N2CCCC2)cc1. The van der Waals surface area contributed by atoms with Crippen molar-refractivity contribution in [2.45, 2.75) is 12.8 Å². The van der Waals surface area contributed by atoms with E-state index >= 15 is 0 Å². The van der Waals surface area contributed by atoms with E-state index in [1.165, 1.54) is 35.5 Å². The summed E-state index contributed by atoms with van der Waals surface area (Å²) < 4.78 is 26.5. The summed E-state index contributed by atoms with van der Waals surface area (Å²) in [6, 6.07) is 7.69. The third-order valence-corrected chi connectivity index (χ3v) is 5.32. The van der Waals surface area contributed by atoms with Crippen LogP contribution in [0.3, 0.4) is 0 Å². The number of anilines is 2. The summed E-state index contributed by atoms with van der Waals surface area (Å²) in [5.74, 6) is 0. The molecule has 0 aliphatic carbocycles. The van der Waals surface area contributed by atoms with Gasteiger partial charge in [-0.1, -0.05) is 0 Å². The van der Waals surface area contributed by atoms with Crippen molar-refractivity contribution in [1.29, 1.82) is 0 Å². The van der Waals surface area contributed by atoms with Crippen molar-refractivity contribution in [2.75, 3.05) is 43.4 Å². The van der Waals surface area contributed by atoms with Crippen LogP contribution in [0.4, 0.5) is 11.4 Å². The number of benzene rings is 1. The van der Waals surface area contributed by atoms with Gasteiger partial charge in [0, 0.05) is 39.9 Å². The highest BCUT2D eigenvalue weighted by Crippen LogP contribution is 2.24. The fraction of sp³-hybridized carbons (Fsp3) is 0.538. The molecule has 1 saturated heterocycles. The maximum atomic E-state index is 12.0. The van der Waals surface area contributed by atoms with E-state index in [4.69, 9.17) is 0 Å². The molecule has 0 saturated carbocycles. The molecule has 1 aromatic rings. The van der Waals surface area contributed by atoms with Gasteiger partial charge in [-0.2, -0.15) is 12.7 Å². The first-order chi connectivity index (χ1) is 8.93. The van der Waals surface area contributed by atoms with Crippen LogP contribution in [0.5, 0.6) is 0 Å². The molecule has 1 heterocycles. The van der Waals surface area contributed by atoms with E-state index in [1.807, 2.05) is 24.3 Å².